The van der Waals surface area contributed by atoms with Crippen LogP contribution in [0.1, 0.15) is 11.1 Å². The molecule has 2 nitrogen and oxygen atoms in total. The predicted molar refractivity (Wildman–Crippen MR) is 135 cm³/mol. The molecule has 2 aliphatic rings. The van der Waals surface area contributed by atoms with E-state index in [1.807, 2.05) is 0 Å². The molecule has 3 aromatic carbocycles. The summed E-state index contributed by atoms with van der Waals surface area (Å²) in [6, 6.07) is -0.652. The first-order chi connectivity index (χ1) is 23.2. The number of hydrogen-bond acceptors (Lipinski definition) is 2. The molecule has 2 aliphatic heterocycles. The van der Waals surface area contributed by atoms with Crippen LogP contribution in [0.3, 0.4) is 0 Å². The third kappa shape index (κ3) is 4.26. The van der Waals surface area contributed by atoms with Crippen molar-refractivity contribution in [2.75, 3.05) is 0 Å². The molecule has 3 aromatic rings. The molecule has 24 heteroatoms. The summed E-state index contributed by atoms with van der Waals surface area (Å²) in [7, 11) is -8.43. The molecule has 0 radical (unpaired) electrons. The molecule has 1 spiro atoms. The van der Waals surface area contributed by atoms with E-state index in [0.29, 0.717) is 12.1 Å². The molecule has 0 aromatic heterocycles. The van der Waals surface area contributed by atoms with Gasteiger partial charge in [-0.05, 0) is 0 Å². The van der Waals surface area contributed by atoms with Crippen LogP contribution in [0.15, 0.2) is 72.8 Å². The molecule has 5 rings (SSSR count). The quantitative estimate of drug-likeness (QED) is 0.189. The molecule has 0 saturated heterocycles. The van der Waals surface area contributed by atoms with Crippen LogP contribution in [0.4, 0.5) is 92.2 Å². The number of benzene rings is 3. The van der Waals surface area contributed by atoms with Crippen molar-refractivity contribution in [2.45, 2.75) is 59.6 Å². The van der Waals surface area contributed by atoms with Crippen LogP contribution in [0, 0.1) is 5.82 Å². The molecule has 0 N–H and O–H groups in total. The average Bonchev–Trinajstić information content (AvgIpc) is 3.45. The van der Waals surface area contributed by atoms with Crippen LogP contribution in [-0.2, 0) is 20.2 Å². The van der Waals surface area contributed by atoms with Crippen molar-refractivity contribution in [2.24, 2.45) is 0 Å². The molecule has 0 bridgehead atoms. The van der Waals surface area contributed by atoms with Crippen molar-refractivity contribution in [3.8, 4) is 0 Å². The molecule has 0 unspecified atom stereocenters. The summed E-state index contributed by atoms with van der Waals surface area (Å²) in [4.78, 5) is 0. The monoisotopic (exact) mass is 810 g/mol. The third-order valence-electron chi connectivity index (χ3n) is 8.55. The van der Waals surface area contributed by atoms with Gasteiger partial charge in [-0.1, -0.05) is 0 Å². The summed E-state index contributed by atoms with van der Waals surface area (Å²) >= 11 is 0. The summed E-state index contributed by atoms with van der Waals surface area (Å²) in [5.74, 6) is -32.5. The van der Waals surface area contributed by atoms with Gasteiger partial charge in [0, 0.05) is 0 Å². The Morgan fingerprint density at radius 1 is 0.385 bits per heavy atom. The van der Waals surface area contributed by atoms with Gasteiger partial charge in [0.2, 0.25) is 0 Å². The standard InChI is InChI=1S/C28H12F21O2P/c29-13-9-11-14(12-10-13)52(17-7-3-1-5-15(17)19(50-52,21(30,31)25(38,39)40)22(32,33)26(41,42)43)18-8-4-2-6-16(18)20(51-52,23(34,35)27(44,45)46)24(36,37)28(47,48)49/h1-12H. The Morgan fingerprint density at radius 2 is 0.654 bits per heavy atom. The van der Waals surface area contributed by atoms with E-state index in [2.05, 4.69) is 9.05 Å². The zero-order valence-corrected chi connectivity index (χ0v) is 25.0. The summed E-state index contributed by atoms with van der Waals surface area (Å²) in [5.41, 5.74) is -19.3. The molecular weight excluding hydrogens is 798 g/mol. The minimum absolute atomic E-state index is 0.0255. The SMILES string of the molecule is Fc1ccc(P23(OC(C(F)(F)C(F)(F)F)(C(F)(F)C(F)(F)F)c4ccccc42)OC(C(F)(F)C(F)(F)F)(C(F)(F)C(F)(F)F)c2ccccc23)cc1. The van der Waals surface area contributed by atoms with Crippen LogP contribution >= 0.6 is 7.06 Å². The normalized spacial score (nSPS) is 21.0. The Balaban J connectivity index is 2.21. The first-order valence-corrected chi connectivity index (χ1v) is 15.5. The molecule has 0 fully saturated rings. The fourth-order valence-electron chi connectivity index (χ4n) is 6.41. The fraction of sp³-hybridized carbons (Fsp3) is 0.357. The van der Waals surface area contributed by atoms with E-state index in [0.717, 1.165) is 0 Å². The van der Waals surface area contributed by atoms with Crippen LogP contribution < -0.4 is 15.9 Å². The molecular formula is C28H12F21O2P. The van der Waals surface area contributed by atoms with E-state index in [1.165, 1.54) is 0 Å². The number of rotatable bonds is 5. The second kappa shape index (κ2) is 10.6. The van der Waals surface area contributed by atoms with Crippen molar-refractivity contribution >= 4 is 23.0 Å². The molecule has 2 heterocycles. The van der Waals surface area contributed by atoms with Gasteiger partial charge in [0.1, 0.15) is 0 Å². The molecule has 0 atom stereocenters. The first-order valence-electron chi connectivity index (χ1n) is 13.4. The van der Waals surface area contributed by atoms with Gasteiger partial charge in [-0.15, -0.1) is 0 Å². The summed E-state index contributed by atoms with van der Waals surface area (Å²) in [6.45, 7) is 0. The predicted octanol–water partition coefficient (Wildman–Crippen LogP) is 9.73. The summed E-state index contributed by atoms with van der Waals surface area (Å²) < 4.78 is 320. The summed E-state index contributed by atoms with van der Waals surface area (Å²) in [6.07, 6.45) is -30.7. The second-order valence-electron chi connectivity index (χ2n) is 11.3. The van der Waals surface area contributed by atoms with Crippen molar-refractivity contribution in [1.82, 2.24) is 0 Å². The first kappa shape index (κ1) is 39.7. The maximum absolute atomic E-state index is 15.8. The van der Waals surface area contributed by atoms with Gasteiger partial charge in [0.15, 0.2) is 0 Å². The third-order valence-corrected chi connectivity index (χ3v) is 13.6. The molecule has 0 saturated carbocycles. The van der Waals surface area contributed by atoms with E-state index >= 15 is 35.1 Å². The van der Waals surface area contributed by atoms with Gasteiger partial charge >= 0.3 is 274 Å². The number of hydrogen-bond donors (Lipinski definition) is 0. The van der Waals surface area contributed by atoms with Crippen molar-refractivity contribution in [3.05, 3.63) is 89.7 Å². The fourth-order valence-corrected chi connectivity index (χ4v) is 12.3. The Hall–Kier alpha value is -3.46. The van der Waals surface area contributed by atoms with E-state index in [-0.39, 0.29) is 48.5 Å². The Morgan fingerprint density at radius 3 is 0.923 bits per heavy atom. The minimum atomic E-state index is -8.43. The Kier molecular flexibility index (Phi) is 8.10. The van der Waals surface area contributed by atoms with Crippen LogP contribution in [0.25, 0.3) is 0 Å². The molecule has 0 aliphatic carbocycles. The van der Waals surface area contributed by atoms with Crippen LogP contribution in [0.5, 0.6) is 0 Å². The Bertz CT molecular complexity index is 1720. The number of alkyl halides is 20. The van der Waals surface area contributed by atoms with Gasteiger partial charge < -0.3 is 0 Å². The van der Waals surface area contributed by atoms with E-state index in [1.54, 1.807) is 0 Å². The molecule has 52 heavy (non-hydrogen) atoms. The van der Waals surface area contributed by atoms with Crippen molar-refractivity contribution in [3.63, 3.8) is 0 Å². The van der Waals surface area contributed by atoms with Gasteiger partial charge in [-0.25, -0.2) is 0 Å². The van der Waals surface area contributed by atoms with Crippen LogP contribution in [0.2, 0.25) is 0 Å². The zero-order chi connectivity index (χ0) is 39.8. The van der Waals surface area contributed by atoms with Gasteiger partial charge in [0.25, 0.3) is 0 Å². The average molecular weight is 810 g/mol. The Labute approximate surface area is 274 Å². The zero-order valence-electron chi connectivity index (χ0n) is 24.1. The van der Waals surface area contributed by atoms with E-state index < -0.39 is 112 Å². The van der Waals surface area contributed by atoms with Gasteiger partial charge in [0.05, 0.1) is 0 Å². The topological polar surface area (TPSA) is 18.5 Å². The van der Waals surface area contributed by atoms with Crippen molar-refractivity contribution < 1.29 is 101 Å². The van der Waals surface area contributed by atoms with Gasteiger partial charge in [-0.2, -0.15) is 0 Å². The van der Waals surface area contributed by atoms with Crippen LogP contribution in [-0.4, -0.2) is 48.4 Å². The summed E-state index contributed by atoms with van der Waals surface area (Å²) in [5, 5.41) is -6.39. The maximum atomic E-state index is 15.8. The molecule has 0 amide bonds. The van der Waals surface area contributed by atoms with E-state index in [9.17, 15) is 57.1 Å². The number of halogens is 21. The molecule has 288 valence electrons. The number of fused-ring (bicyclic) bond motifs is 4. The van der Waals surface area contributed by atoms with Gasteiger partial charge in [-0.3, -0.25) is 0 Å². The van der Waals surface area contributed by atoms with E-state index in [4.69, 9.17) is 0 Å². The van der Waals surface area contributed by atoms with Crippen molar-refractivity contribution in [1.29, 1.82) is 0 Å². The second-order valence-corrected chi connectivity index (χ2v) is 15.1.